The standard InChI is InChI=1S/C17H28N4O3S2/c1-3-11-26(23,24)21-6-4-5-16(21)17(22)20-9-7-19(8-10-20)12-15-13-25-14(2)18-15/h13,16H,3-12H2,1-2H3. The van der Waals surface area contributed by atoms with Gasteiger partial charge in [0.25, 0.3) is 0 Å². The van der Waals surface area contributed by atoms with Crippen LogP contribution in [0.1, 0.15) is 36.9 Å². The van der Waals surface area contributed by atoms with E-state index in [1.165, 1.54) is 4.31 Å². The average molecular weight is 401 g/mol. The molecule has 9 heteroatoms. The van der Waals surface area contributed by atoms with Gasteiger partial charge < -0.3 is 4.90 Å². The van der Waals surface area contributed by atoms with Gasteiger partial charge in [-0.1, -0.05) is 6.92 Å². The van der Waals surface area contributed by atoms with Crippen molar-refractivity contribution in [2.45, 2.75) is 45.7 Å². The molecule has 2 saturated heterocycles. The summed E-state index contributed by atoms with van der Waals surface area (Å²) < 4.78 is 26.3. The van der Waals surface area contributed by atoms with Gasteiger partial charge in [-0.05, 0) is 26.2 Å². The molecule has 0 radical (unpaired) electrons. The van der Waals surface area contributed by atoms with E-state index in [1.54, 1.807) is 11.3 Å². The number of aryl methyl sites for hydroxylation is 1. The van der Waals surface area contributed by atoms with E-state index in [9.17, 15) is 13.2 Å². The Kier molecular flexibility index (Phi) is 6.32. The maximum atomic E-state index is 12.9. The molecule has 1 aromatic rings. The third kappa shape index (κ3) is 4.44. The molecule has 0 aliphatic carbocycles. The molecule has 1 unspecified atom stereocenters. The molecular formula is C17H28N4O3S2. The highest BCUT2D eigenvalue weighted by molar-refractivity contribution is 7.89. The first-order valence-corrected chi connectivity index (χ1v) is 11.8. The number of rotatable bonds is 6. The fourth-order valence-corrected chi connectivity index (χ4v) is 6.09. The highest BCUT2D eigenvalue weighted by Gasteiger charge is 2.40. The van der Waals surface area contributed by atoms with Crippen LogP contribution in [-0.4, -0.2) is 77.9 Å². The van der Waals surface area contributed by atoms with Crippen LogP contribution in [0.4, 0.5) is 0 Å². The molecule has 3 heterocycles. The summed E-state index contributed by atoms with van der Waals surface area (Å²) in [7, 11) is -3.32. The number of carbonyl (C=O) groups is 1. The van der Waals surface area contributed by atoms with Crippen molar-refractivity contribution in [3.63, 3.8) is 0 Å². The summed E-state index contributed by atoms with van der Waals surface area (Å²) in [4.78, 5) is 21.6. The number of sulfonamides is 1. The Labute approximate surface area is 160 Å². The fourth-order valence-electron chi connectivity index (χ4n) is 3.74. The largest absolute Gasteiger partial charge is 0.339 e. The Morgan fingerprint density at radius 2 is 2.00 bits per heavy atom. The van der Waals surface area contributed by atoms with E-state index in [2.05, 4.69) is 15.3 Å². The third-order valence-corrected chi connectivity index (χ3v) is 7.94. The molecule has 146 valence electrons. The van der Waals surface area contributed by atoms with Crippen LogP contribution < -0.4 is 0 Å². The highest BCUT2D eigenvalue weighted by atomic mass is 32.2. The second-order valence-electron chi connectivity index (χ2n) is 7.04. The van der Waals surface area contributed by atoms with E-state index in [0.29, 0.717) is 32.5 Å². The molecule has 2 aliphatic rings. The lowest BCUT2D eigenvalue weighted by molar-refractivity contribution is -0.136. The minimum atomic E-state index is -3.32. The third-order valence-electron chi connectivity index (χ3n) is 5.04. The Hall–Kier alpha value is -1.03. The van der Waals surface area contributed by atoms with E-state index in [1.807, 2.05) is 18.7 Å². The first kappa shape index (κ1) is 19.7. The van der Waals surface area contributed by atoms with Gasteiger partial charge in [0.1, 0.15) is 6.04 Å². The quantitative estimate of drug-likeness (QED) is 0.720. The molecule has 0 saturated carbocycles. The predicted octanol–water partition coefficient (Wildman–Crippen LogP) is 1.30. The second-order valence-corrected chi connectivity index (χ2v) is 10.1. The second kappa shape index (κ2) is 8.33. The molecular weight excluding hydrogens is 372 g/mol. The number of carbonyl (C=O) groups excluding carboxylic acids is 1. The lowest BCUT2D eigenvalue weighted by Gasteiger charge is -2.36. The minimum absolute atomic E-state index is 0.0219. The summed E-state index contributed by atoms with van der Waals surface area (Å²) in [5.74, 6) is 0.101. The summed E-state index contributed by atoms with van der Waals surface area (Å²) in [6, 6.07) is -0.501. The molecule has 26 heavy (non-hydrogen) atoms. The van der Waals surface area contributed by atoms with Crippen LogP contribution >= 0.6 is 11.3 Å². The first-order valence-electron chi connectivity index (χ1n) is 9.32. The summed E-state index contributed by atoms with van der Waals surface area (Å²) in [5, 5.41) is 3.16. The number of hydrogen-bond donors (Lipinski definition) is 0. The van der Waals surface area contributed by atoms with Crippen LogP contribution in [0.2, 0.25) is 0 Å². The van der Waals surface area contributed by atoms with Crippen LogP contribution in [0.3, 0.4) is 0 Å². The molecule has 0 aromatic carbocycles. The Bertz CT molecular complexity index is 726. The van der Waals surface area contributed by atoms with Gasteiger partial charge in [-0.25, -0.2) is 13.4 Å². The zero-order valence-electron chi connectivity index (χ0n) is 15.6. The molecule has 2 fully saturated rings. The lowest BCUT2D eigenvalue weighted by atomic mass is 10.2. The Morgan fingerprint density at radius 3 is 2.62 bits per heavy atom. The van der Waals surface area contributed by atoms with Crippen LogP contribution in [0.5, 0.6) is 0 Å². The monoisotopic (exact) mass is 400 g/mol. The van der Waals surface area contributed by atoms with Gasteiger partial charge in [0.05, 0.1) is 16.5 Å². The number of aromatic nitrogens is 1. The number of amides is 1. The summed E-state index contributed by atoms with van der Waals surface area (Å²) in [6.45, 7) is 8.06. The highest BCUT2D eigenvalue weighted by Crippen LogP contribution is 2.24. The molecule has 0 N–H and O–H groups in total. The van der Waals surface area contributed by atoms with Crippen LogP contribution in [-0.2, 0) is 21.4 Å². The van der Waals surface area contributed by atoms with E-state index < -0.39 is 16.1 Å². The van der Waals surface area contributed by atoms with Crippen molar-refractivity contribution in [1.82, 2.24) is 19.1 Å². The molecule has 1 aromatic heterocycles. The number of piperazine rings is 1. The van der Waals surface area contributed by atoms with Gasteiger partial charge in [-0.15, -0.1) is 11.3 Å². The van der Waals surface area contributed by atoms with Crippen molar-refractivity contribution in [2.24, 2.45) is 0 Å². The zero-order chi connectivity index (χ0) is 18.7. The number of nitrogens with zero attached hydrogens (tertiary/aromatic N) is 4. The number of thiazole rings is 1. The molecule has 1 amide bonds. The summed E-state index contributed by atoms with van der Waals surface area (Å²) in [6.07, 6.45) is 1.98. The van der Waals surface area contributed by atoms with Crippen LogP contribution in [0.25, 0.3) is 0 Å². The van der Waals surface area contributed by atoms with Gasteiger partial charge >= 0.3 is 0 Å². The van der Waals surface area contributed by atoms with Gasteiger partial charge in [-0.2, -0.15) is 4.31 Å². The first-order chi connectivity index (χ1) is 12.4. The zero-order valence-corrected chi connectivity index (χ0v) is 17.2. The smallest absolute Gasteiger partial charge is 0.241 e. The molecule has 2 aliphatic heterocycles. The van der Waals surface area contributed by atoms with Crippen molar-refractivity contribution in [1.29, 1.82) is 0 Å². The maximum Gasteiger partial charge on any atom is 0.241 e. The molecule has 0 bridgehead atoms. The van der Waals surface area contributed by atoms with Crippen molar-refractivity contribution in [3.8, 4) is 0 Å². The van der Waals surface area contributed by atoms with E-state index >= 15 is 0 Å². The normalized spacial score (nSPS) is 22.8. The topological polar surface area (TPSA) is 73.8 Å². The minimum Gasteiger partial charge on any atom is -0.339 e. The van der Waals surface area contributed by atoms with E-state index in [-0.39, 0.29) is 11.7 Å². The fraction of sp³-hybridized carbons (Fsp3) is 0.765. The molecule has 0 spiro atoms. The van der Waals surface area contributed by atoms with Gasteiger partial charge in [0.15, 0.2) is 0 Å². The van der Waals surface area contributed by atoms with Gasteiger partial charge in [0, 0.05) is 44.6 Å². The Balaban J connectivity index is 1.56. The van der Waals surface area contributed by atoms with E-state index in [4.69, 9.17) is 0 Å². The van der Waals surface area contributed by atoms with Crippen molar-refractivity contribution in [2.75, 3.05) is 38.5 Å². The summed E-state index contributed by atoms with van der Waals surface area (Å²) in [5.41, 5.74) is 1.08. The summed E-state index contributed by atoms with van der Waals surface area (Å²) >= 11 is 1.66. The molecule has 1 atom stereocenters. The van der Waals surface area contributed by atoms with Crippen molar-refractivity contribution in [3.05, 3.63) is 16.1 Å². The van der Waals surface area contributed by atoms with Crippen molar-refractivity contribution >= 4 is 27.3 Å². The van der Waals surface area contributed by atoms with Crippen LogP contribution in [0.15, 0.2) is 5.38 Å². The molecule has 7 nitrogen and oxygen atoms in total. The van der Waals surface area contributed by atoms with Crippen molar-refractivity contribution < 1.29 is 13.2 Å². The van der Waals surface area contributed by atoms with E-state index in [0.717, 1.165) is 36.8 Å². The lowest BCUT2D eigenvalue weighted by Crippen LogP contribution is -2.54. The average Bonchev–Trinajstić information content (AvgIpc) is 3.24. The Morgan fingerprint density at radius 1 is 1.27 bits per heavy atom. The van der Waals surface area contributed by atoms with Crippen LogP contribution in [0, 0.1) is 6.92 Å². The predicted molar refractivity (Wildman–Crippen MR) is 103 cm³/mol. The maximum absolute atomic E-state index is 12.9. The SMILES string of the molecule is CCCS(=O)(=O)N1CCCC1C(=O)N1CCN(Cc2csc(C)n2)CC1. The number of hydrogen-bond acceptors (Lipinski definition) is 6. The van der Waals surface area contributed by atoms with Gasteiger partial charge in [0.2, 0.25) is 15.9 Å². The van der Waals surface area contributed by atoms with Gasteiger partial charge in [-0.3, -0.25) is 9.69 Å². The molecule has 3 rings (SSSR count).